The number of aromatic hydroxyl groups is 1. The number of phenolic OH excluding ortho intramolecular Hbond substituents is 1. The number of quaternary nitrogens is 1. The van der Waals surface area contributed by atoms with Gasteiger partial charge in [0.05, 0.1) is 20.1 Å². The largest absolute Gasteiger partial charge is 0.508 e. The molecule has 0 aliphatic heterocycles. The third-order valence-electron chi connectivity index (χ3n) is 3.55. The van der Waals surface area contributed by atoms with E-state index in [9.17, 15) is 5.11 Å². The number of hydrogen-bond donors (Lipinski definition) is 2. The van der Waals surface area contributed by atoms with Crippen LogP contribution in [0.25, 0.3) is 0 Å². The lowest BCUT2D eigenvalue weighted by Gasteiger charge is -2.18. The number of rotatable bonds is 5. The molecule has 0 amide bonds. The Hall–Kier alpha value is -1.45. The summed E-state index contributed by atoms with van der Waals surface area (Å²) >= 11 is 1.76. The zero-order valence-electron chi connectivity index (χ0n) is 12.3. The summed E-state index contributed by atoms with van der Waals surface area (Å²) in [5.41, 5.74) is 1.39. The van der Waals surface area contributed by atoms with E-state index in [1.165, 1.54) is 15.4 Å². The maximum absolute atomic E-state index is 9.35. The van der Waals surface area contributed by atoms with Crippen molar-refractivity contribution in [2.45, 2.75) is 29.2 Å². The van der Waals surface area contributed by atoms with Crippen LogP contribution >= 0.6 is 11.8 Å². The molecule has 2 nitrogen and oxygen atoms in total. The summed E-state index contributed by atoms with van der Waals surface area (Å²) in [7, 11) is 4.39. The molecule has 0 spiro atoms. The topological polar surface area (TPSA) is 24.7 Å². The Bertz CT molecular complexity index is 551. The van der Waals surface area contributed by atoms with E-state index in [1.54, 1.807) is 23.9 Å². The lowest BCUT2D eigenvalue weighted by molar-refractivity contribution is -0.883. The highest BCUT2D eigenvalue weighted by Gasteiger charge is 2.12. The van der Waals surface area contributed by atoms with Crippen LogP contribution in [0.3, 0.4) is 0 Å². The van der Waals surface area contributed by atoms with Gasteiger partial charge in [0.15, 0.2) is 0 Å². The summed E-state index contributed by atoms with van der Waals surface area (Å²) in [6, 6.07) is 16.5. The second kappa shape index (κ2) is 6.82. The molecular formula is C17H22NOS+. The van der Waals surface area contributed by atoms with E-state index >= 15 is 0 Å². The zero-order chi connectivity index (χ0) is 14.5. The van der Waals surface area contributed by atoms with Crippen LogP contribution in [-0.2, 0) is 6.42 Å². The van der Waals surface area contributed by atoms with Gasteiger partial charge in [-0.2, -0.15) is 0 Å². The summed E-state index contributed by atoms with van der Waals surface area (Å²) in [6.07, 6.45) is 1.07. The minimum absolute atomic E-state index is 0.312. The number of likely N-dealkylation sites (N-methyl/N-ethyl adjacent to an activating group) is 1. The first-order chi connectivity index (χ1) is 9.56. The lowest BCUT2D eigenvalue weighted by Crippen LogP contribution is -3.09. The van der Waals surface area contributed by atoms with E-state index in [2.05, 4.69) is 45.3 Å². The third kappa shape index (κ3) is 4.02. The molecule has 2 aromatic carbocycles. The first-order valence-corrected chi connectivity index (χ1v) is 7.72. The van der Waals surface area contributed by atoms with Crippen LogP contribution < -0.4 is 4.90 Å². The van der Waals surface area contributed by atoms with Crippen molar-refractivity contribution in [2.75, 3.05) is 14.1 Å². The first-order valence-electron chi connectivity index (χ1n) is 6.91. The average Bonchev–Trinajstić information content (AvgIpc) is 2.43. The SMILES string of the molecule is C[C@H](Cc1ccccc1Sc1ccc(O)cc1)[NH+](C)C. The van der Waals surface area contributed by atoms with Gasteiger partial charge in [0.1, 0.15) is 5.75 Å². The molecule has 0 bridgehead atoms. The standard InChI is InChI=1S/C17H21NOS/c1-13(18(2)3)12-14-6-4-5-7-17(14)20-16-10-8-15(19)9-11-16/h4-11,13,19H,12H2,1-3H3/p+1/t13-/m1/s1. The highest BCUT2D eigenvalue weighted by molar-refractivity contribution is 7.99. The average molecular weight is 288 g/mol. The molecule has 20 heavy (non-hydrogen) atoms. The third-order valence-corrected chi connectivity index (χ3v) is 4.67. The van der Waals surface area contributed by atoms with Crippen molar-refractivity contribution in [2.24, 2.45) is 0 Å². The van der Waals surface area contributed by atoms with Gasteiger partial charge in [-0.25, -0.2) is 0 Å². The molecule has 0 saturated carbocycles. The van der Waals surface area contributed by atoms with Gasteiger partial charge in [-0.05, 0) is 42.8 Å². The number of phenols is 1. The fourth-order valence-electron chi connectivity index (χ4n) is 1.95. The maximum Gasteiger partial charge on any atom is 0.115 e. The fourth-order valence-corrected chi connectivity index (χ4v) is 2.90. The van der Waals surface area contributed by atoms with Crippen LogP contribution in [0.1, 0.15) is 12.5 Å². The minimum Gasteiger partial charge on any atom is -0.508 e. The van der Waals surface area contributed by atoms with Crippen molar-refractivity contribution in [1.29, 1.82) is 0 Å². The van der Waals surface area contributed by atoms with Crippen molar-refractivity contribution in [3.8, 4) is 5.75 Å². The Morgan fingerprint density at radius 3 is 2.35 bits per heavy atom. The van der Waals surface area contributed by atoms with Gasteiger partial charge in [-0.15, -0.1) is 0 Å². The van der Waals surface area contributed by atoms with E-state index in [0.717, 1.165) is 11.3 Å². The van der Waals surface area contributed by atoms with E-state index < -0.39 is 0 Å². The van der Waals surface area contributed by atoms with Gasteiger partial charge < -0.3 is 10.0 Å². The highest BCUT2D eigenvalue weighted by Crippen LogP contribution is 2.31. The molecule has 3 heteroatoms. The van der Waals surface area contributed by atoms with E-state index in [0.29, 0.717) is 11.8 Å². The molecule has 2 aromatic rings. The van der Waals surface area contributed by atoms with Gasteiger partial charge in [0.25, 0.3) is 0 Å². The Balaban J connectivity index is 2.17. The van der Waals surface area contributed by atoms with E-state index in [1.807, 2.05) is 12.1 Å². The second-order valence-electron chi connectivity index (χ2n) is 5.39. The van der Waals surface area contributed by atoms with Crippen LogP contribution in [0.15, 0.2) is 58.3 Å². The highest BCUT2D eigenvalue weighted by atomic mass is 32.2. The number of benzene rings is 2. The molecule has 0 aliphatic rings. The predicted molar refractivity (Wildman–Crippen MR) is 84.6 cm³/mol. The molecule has 0 saturated heterocycles. The van der Waals surface area contributed by atoms with Crippen molar-refractivity contribution in [1.82, 2.24) is 0 Å². The summed E-state index contributed by atoms with van der Waals surface area (Å²) in [4.78, 5) is 3.92. The Labute approximate surface area is 125 Å². The molecule has 2 rings (SSSR count). The Kier molecular flexibility index (Phi) is 5.10. The predicted octanol–water partition coefficient (Wildman–Crippen LogP) is 2.62. The maximum atomic E-state index is 9.35. The zero-order valence-corrected chi connectivity index (χ0v) is 13.1. The molecule has 0 aliphatic carbocycles. The first kappa shape index (κ1) is 14.9. The summed E-state index contributed by atoms with van der Waals surface area (Å²) in [5, 5.41) is 9.35. The van der Waals surface area contributed by atoms with Crippen LogP contribution in [0.4, 0.5) is 0 Å². The fraction of sp³-hybridized carbons (Fsp3) is 0.294. The van der Waals surface area contributed by atoms with Crippen LogP contribution in [0, 0.1) is 0 Å². The molecule has 0 aromatic heterocycles. The van der Waals surface area contributed by atoms with Crippen molar-refractivity contribution in [3.63, 3.8) is 0 Å². The number of hydrogen-bond acceptors (Lipinski definition) is 2. The molecule has 1 atom stereocenters. The van der Waals surface area contributed by atoms with Crippen LogP contribution in [0.2, 0.25) is 0 Å². The van der Waals surface area contributed by atoms with Gasteiger partial charge in [-0.3, -0.25) is 0 Å². The monoisotopic (exact) mass is 288 g/mol. The van der Waals surface area contributed by atoms with E-state index in [-0.39, 0.29) is 0 Å². The normalized spacial score (nSPS) is 12.6. The minimum atomic E-state index is 0.312. The molecular weight excluding hydrogens is 266 g/mol. The number of nitrogens with one attached hydrogen (secondary N) is 1. The lowest BCUT2D eigenvalue weighted by atomic mass is 10.1. The molecule has 0 fully saturated rings. The van der Waals surface area contributed by atoms with Crippen LogP contribution in [-0.4, -0.2) is 25.2 Å². The summed E-state index contributed by atoms with van der Waals surface area (Å²) in [5.74, 6) is 0.312. The van der Waals surface area contributed by atoms with Gasteiger partial charge >= 0.3 is 0 Å². The van der Waals surface area contributed by atoms with Gasteiger partial charge in [0.2, 0.25) is 0 Å². The van der Waals surface area contributed by atoms with Gasteiger partial charge in [-0.1, -0.05) is 30.0 Å². The second-order valence-corrected chi connectivity index (χ2v) is 6.50. The molecule has 2 N–H and O–H groups in total. The molecule has 0 radical (unpaired) electrons. The summed E-state index contributed by atoms with van der Waals surface area (Å²) in [6.45, 7) is 2.28. The van der Waals surface area contributed by atoms with Crippen molar-refractivity contribution < 1.29 is 10.0 Å². The molecule has 0 heterocycles. The van der Waals surface area contributed by atoms with Crippen molar-refractivity contribution >= 4 is 11.8 Å². The smallest absolute Gasteiger partial charge is 0.115 e. The summed E-state index contributed by atoms with van der Waals surface area (Å²) < 4.78 is 0. The van der Waals surface area contributed by atoms with Crippen molar-refractivity contribution in [3.05, 3.63) is 54.1 Å². The Morgan fingerprint density at radius 1 is 1.05 bits per heavy atom. The molecule has 0 unspecified atom stereocenters. The van der Waals surface area contributed by atoms with E-state index in [4.69, 9.17) is 0 Å². The Morgan fingerprint density at radius 2 is 1.70 bits per heavy atom. The van der Waals surface area contributed by atoms with Gasteiger partial charge in [0, 0.05) is 16.2 Å². The molecule has 106 valence electrons. The quantitative estimate of drug-likeness (QED) is 0.884. The van der Waals surface area contributed by atoms with Crippen LogP contribution in [0.5, 0.6) is 5.75 Å².